The number of amides is 1. The van der Waals surface area contributed by atoms with Crippen molar-refractivity contribution in [2.75, 3.05) is 20.3 Å². The van der Waals surface area contributed by atoms with Crippen LogP contribution in [0.1, 0.15) is 16.8 Å². The largest absolute Gasteiger partial charge is 0.391 e. The number of aliphatic hydroxyl groups excluding tert-OH is 1. The van der Waals surface area contributed by atoms with Gasteiger partial charge in [0.25, 0.3) is 5.91 Å². The predicted octanol–water partition coefficient (Wildman–Crippen LogP) is 0.911. The van der Waals surface area contributed by atoms with Crippen molar-refractivity contribution in [1.29, 1.82) is 0 Å². The fourth-order valence-electron chi connectivity index (χ4n) is 1.24. The van der Waals surface area contributed by atoms with Gasteiger partial charge in [0.05, 0.1) is 18.3 Å². The number of nitrogens with zero attached hydrogens (tertiary/aromatic N) is 2. The summed E-state index contributed by atoms with van der Waals surface area (Å²) in [6, 6.07) is 1.33. The number of carbonyl (C=O) groups is 1. The van der Waals surface area contributed by atoms with Crippen LogP contribution in [0.3, 0.4) is 0 Å². The summed E-state index contributed by atoms with van der Waals surface area (Å²) in [5, 5.41) is 19.1. The summed E-state index contributed by atoms with van der Waals surface area (Å²) in [4.78, 5) is 11.7. The molecule has 0 aliphatic heterocycles. The highest BCUT2D eigenvalue weighted by Crippen LogP contribution is 2.14. The first-order chi connectivity index (χ1) is 8.54. The van der Waals surface area contributed by atoms with Crippen molar-refractivity contribution in [3.63, 3.8) is 0 Å². The Balaban J connectivity index is 2.48. The number of hydrogen-bond acceptors (Lipinski definition) is 5. The van der Waals surface area contributed by atoms with Crippen LogP contribution in [0.2, 0.25) is 10.3 Å². The van der Waals surface area contributed by atoms with Crippen LogP contribution < -0.4 is 5.32 Å². The fraction of sp³-hybridized carbons (Fsp3) is 0.500. The van der Waals surface area contributed by atoms with Crippen molar-refractivity contribution >= 4 is 29.1 Å². The summed E-state index contributed by atoms with van der Waals surface area (Å²) in [5.41, 5.74) is 0.151. The van der Waals surface area contributed by atoms with E-state index >= 15 is 0 Å². The van der Waals surface area contributed by atoms with Crippen LogP contribution in [-0.2, 0) is 4.74 Å². The average molecular weight is 294 g/mol. The van der Waals surface area contributed by atoms with Crippen LogP contribution in [0.5, 0.6) is 0 Å². The second-order valence-electron chi connectivity index (χ2n) is 3.53. The molecule has 1 aromatic rings. The molecule has 0 aliphatic rings. The molecule has 1 unspecified atom stereocenters. The van der Waals surface area contributed by atoms with Gasteiger partial charge in [-0.3, -0.25) is 4.79 Å². The first-order valence-electron chi connectivity index (χ1n) is 5.18. The molecule has 0 spiro atoms. The van der Waals surface area contributed by atoms with E-state index in [1.165, 1.54) is 13.2 Å². The van der Waals surface area contributed by atoms with E-state index in [1.54, 1.807) is 0 Å². The topological polar surface area (TPSA) is 84.3 Å². The number of carbonyl (C=O) groups excluding carboxylic acids is 1. The minimum atomic E-state index is -0.620. The van der Waals surface area contributed by atoms with E-state index in [-0.39, 0.29) is 22.5 Å². The number of methoxy groups -OCH3 is 1. The monoisotopic (exact) mass is 293 g/mol. The highest BCUT2D eigenvalue weighted by Gasteiger charge is 2.13. The Kier molecular flexibility index (Phi) is 6.28. The van der Waals surface area contributed by atoms with Gasteiger partial charge in [-0.1, -0.05) is 23.2 Å². The van der Waals surface area contributed by atoms with Gasteiger partial charge in [0.15, 0.2) is 10.3 Å². The maximum absolute atomic E-state index is 11.7. The Bertz CT molecular complexity index is 417. The molecular weight excluding hydrogens is 281 g/mol. The normalized spacial score (nSPS) is 12.2. The third kappa shape index (κ3) is 4.73. The molecular formula is C10H13Cl2N3O3. The van der Waals surface area contributed by atoms with E-state index in [0.717, 1.165) is 0 Å². The van der Waals surface area contributed by atoms with Crippen LogP contribution in [0.15, 0.2) is 6.07 Å². The number of ether oxygens (including phenoxy) is 1. The number of aromatic nitrogens is 2. The minimum Gasteiger partial charge on any atom is -0.391 e. The molecule has 0 radical (unpaired) electrons. The molecule has 0 bridgehead atoms. The summed E-state index contributed by atoms with van der Waals surface area (Å²) < 4.78 is 4.76. The third-order valence-corrected chi connectivity index (χ3v) is 2.55. The average Bonchev–Trinajstić information content (AvgIpc) is 2.32. The molecule has 6 nitrogen and oxygen atoms in total. The highest BCUT2D eigenvalue weighted by atomic mass is 35.5. The molecule has 100 valence electrons. The predicted molar refractivity (Wildman–Crippen MR) is 66.9 cm³/mol. The SMILES string of the molecule is COCC(O)CCNC(=O)c1cc(Cl)nnc1Cl. The van der Waals surface area contributed by atoms with Crippen molar-refractivity contribution in [3.05, 3.63) is 21.9 Å². The lowest BCUT2D eigenvalue weighted by molar-refractivity contribution is 0.0587. The van der Waals surface area contributed by atoms with E-state index in [0.29, 0.717) is 13.0 Å². The lowest BCUT2D eigenvalue weighted by Crippen LogP contribution is -2.28. The van der Waals surface area contributed by atoms with Gasteiger partial charge in [-0.05, 0) is 12.5 Å². The molecule has 0 fully saturated rings. The maximum Gasteiger partial charge on any atom is 0.254 e. The number of aliphatic hydroxyl groups is 1. The van der Waals surface area contributed by atoms with Crippen molar-refractivity contribution in [2.24, 2.45) is 0 Å². The van der Waals surface area contributed by atoms with Gasteiger partial charge in [0, 0.05) is 13.7 Å². The van der Waals surface area contributed by atoms with E-state index in [1.807, 2.05) is 0 Å². The molecule has 0 aliphatic carbocycles. The Morgan fingerprint density at radius 1 is 1.56 bits per heavy atom. The van der Waals surface area contributed by atoms with Gasteiger partial charge < -0.3 is 15.2 Å². The van der Waals surface area contributed by atoms with Crippen molar-refractivity contribution in [3.8, 4) is 0 Å². The van der Waals surface area contributed by atoms with Crippen molar-refractivity contribution in [2.45, 2.75) is 12.5 Å². The molecule has 1 atom stereocenters. The quantitative estimate of drug-likeness (QED) is 0.814. The molecule has 1 heterocycles. The fourth-order valence-corrected chi connectivity index (χ4v) is 1.56. The van der Waals surface area contributed by atoms with Crippen LogP contribution in [0.25, 0.3) is 0 Å². The van der Waals surface area contributed by atoms with Gasteiger partial charge in [0.1, 0.15) is 0 Å². The first-order valence-corrected chi connectivity index (χ1v) is 5.94. The van der Waals surface area contributed by atoms with E-state index in [2.05, 4.69) is 15.5 Å². The number of halogens is 2. The zero-order valence-corrected chi connectivity index (χ0v) is 11.2. The molecule has 8 heteroatoms. The maximum atomic E-state index is 11.7. The van der Waals surface area contributed by atoms with E-state index in [9.17, 15) is 9.90 Å². The number of hydrogen-bond donors (Lipinski definition) is 2. The molecule has 2 N–H and O–H groups in total. The van der Waals surface area contributed by atoms with E-state index in [4.69, 9.17) is 27.9 Å². The second kappa shape index (κ2) is 7.48. The van der Waals surface area contributed by atoms with Crippen LogP contribution >= 0.6 is 23.2 Å². The van der Waals surface area contributed by atoms with Crippen LogP contribution in [0.4, 0.5) is 0 Å². The smallest absolute Gasteiger partial charge is 0.254 e. The standard InChI is InChI=1S/C10H13Cl2N3O3/c1-18-5-6(16)2-3-13-10(17)7-4-8(11)14-15-9(7)12/h4,6,16H,2-3,5H2,1H3,(H,13,17). The summed E-state index contributed by atoms with van der Waals surface area (Å²) in [6.45, 7) is 0.513. The first kappa shape index (κ1) is 15.1. The highest BCUT2D eigenvalue weighted by molar-refractivity contribution is 6.34. The number of rotatable bonds is 6. The van der Waals surface area contributed by atoms with Gasteiger partial charge in [0.2, 0.25) is 0 Å². The molecule has 0 saturated carbocycles. The van der Waals surface area contributed by atoms with Crippen molar-refractivity contribution < 1.29 is 14.6 Å². The lowest BCUT2D eigenvalue weighted by atomic mass is 10.2. The second-order valence-corrected chi connectivity index (χ2v) is 4.27. The van der Waals surface area contributed by atoms with Crippen LogP contribution in [0, 0.1) is 0 Å². The molecule has 1 amide bonds. The van der Waals surface area contributed by atoms with Gasteiger partial charge >= 0.3 is 0 Å². The summed E-state index contributed by atoms with van der Waals surface area (Å²) in [5.74, 6) is -0.415. The lowest BCUT2D eigenvalue weighted by Gasteiger charge is -2.10. The van der Waals surface area contributed by atoms with E-state index < -0.39 is 12.0 Å². The van der Waals surface area contributed by atoms with Gasteiger partial charge in [-0.25, -0.2) is 0 Å². The van der Waals surface area contributed by atoms with Gasteiger partial charge in [-0.2, -0.15) is 0 Å². The summed E-state index contributed by atoms with van der Waals surface area (Å²) in [7, 11) is 1.49. The molecule has 1 rings (SSSR count). The van der Waals surface area contributed by atoms with Gasteiger partial charge in [-0.15, -0.1) is 10.2 Å². The summed E-state index contributed by atoms with van der Waals surface area (Å²) >= 11 is 11.3. The summed E-state index contributed by atoms with van der Waals surface area (Å²) in [6.07, 6.45) is -0.242. The molecule has 1 aromatic heterocycles. The molecule has 0 saturated heterocycles. The zero-order valence-electron chi connectivity index (χ0n) is 9.69. The third-order valence-electron chi connectivity index (χ3n) is 2.09. The zero-order chi connectivity index (χ0) is 13.5. The Labute approximate surface area is 114 Å². The Morgan fingerprint density at radius 2 is 2.28 bits per heavy atom. The van der Waals surface area contributed by atoms with Crippen LogP contribution in [-0.4, -0.2) is 47.6 Å². The molecule has 0 aromatic carbocycles. The molecule has 18 heavy (non-hydrogen) atoms. The Morgan fingerprint density at radius 3 is 2.94 bits per heavy atom. The minimum absolute atomic E-state index is 0.0191. The van der Waals surface area contributed by atoms with Crippen molar-refractivity contribution in [1.82, 2.24) is 15.5 Å². The Hall–Kier alpha value is -0.950. The number of nitrogens with one attached hydrogen (secondary N) is 1.